The molecule has 3 heteroatoms. The van der Waals surface area contributed by atoms with E-state index in [1.165, 1.54) is 0 Å². The summed E-state index contributed by atoms with van der Waals surface area (Å²) in [5.74, 6) is 0.491. The summed E-state index contributed by atoms with van der Waals surface area (Å²) < 4.78 is 0. The molecule has 14 heavy (non-hydrogen) atoms. The van der Waals surface area contributed by atoms with E-state index in [1.807, 2.05) is 18.2 Å². The van der Waals surface area contributed by atoms with Gasteiger partial charge in [0, 0.05) is 18.0 Å². The summed E-state index contributed by atoms with van der Waals surface area (Å²) in [6, 6.07) is 5.89. The van der Waals surface area contributed by atoms with Crippen LogP contribution in [0.25, 0.3) is 0 Å². The Morgan fingerprint density at radius 3 is 3.07 bits per heavy atom. The van der Waals surface area contributed by atoms with Crippen LogP contribution in [0.5, 0.6) is 0 Å². The topological polar surface area (TPSA) is 29.1 Å². The second kappa shape index (κ2) is 4.01. The van der Waals surface area contributed by atoms with Gasteiger partial charge in [0.05, 0.1) is 0 Å². The molecule has 0 fully saturated rings. The molecule has 1 aromatic rings. The first-order valence-electron chi connectivity index (χ1n) is 4.77. The van der Waals surface area contributed by atoms with Crippen molar-refractivity contribution in [1.82, 2.24) is 5.32 Å². The SMILES string of the molecule is O=C1NCCCc2ccc(CCl)cc21. The number of hydrogen-bond acceptors (Lipinski definition) is 1. The van der Waals surface area contributed by atoms with E-state index in [9.17, 15) is 4.79 Å². The van der Waals surface area contributed by atoms with Gasteiger partial charge in [0.2, 0.25) is 0 Å². The van der Waals surface area contributed by atoms with Crippen LogP contribution in [-0.2, 0) is 12.3 Å². The maximum atomic E-state index is 11.6. The van der Waals surface area contributed by atoms with Crippen LogP contribution in [0, 0.1) is 0 Å². The molecule has 0 bridgehead atoms. The average Bonchev–Trinajstić information content (AvgIpc) is 2.40. The van der Waals surface area contributed by atoms with Crippen molar-refractivity contribution in [2.24, 2.45) is 0 Å². The van der Waals surface area contributed by atoms with Gasteiger partial charge in [0.15, 0.2) is 0 Å². The lowest BCUT2D eigenvalue weighted by atomic mass is 10.0. The predicted molar refractivity (Wildman–Crippen MR) is 56.7 cm³/mol. The fourth-order valence-electron chi connectivity index (χ4n) is 1.71. The number of benzene rings is 1. The Bertz CT molecular complexity index is 362. The van der Waals surface area contributed by atoms with Crippen molar-refractivity contribution in [3.63, 3.8) is 0 Å². The fourth-order valence-corrected chi connectivity index (χ4v) is 1.88. The minimum atomic E-state index is 0.0319. The van der Waals surface area contributed by atoms with Gasteiger partial charge in [-0.05, 0) is 30.0 Å². The Morgan fingerprint density at radius 2 is 2.29 bits per heavy atom. The van der Waals surface area contributed by atoms with Crippen LogP contribution in [0.4, 0.5) is 0 Å². The Hall–Kier alpha value is -1.02. The number of hydrogen-bond donors (Lipinski definition) is 1. The Balaban J connectivity index is 2.44. The highest BCUT2D eigenvalue weighted by Crippen LogP contribution is 2.17. The first kappa shape index (κ1) is 9.53. The Labute approximate surface area is 88.3 Å². The molecule has 1 aliphatic heterocycles. The molecule has 1 N–H and O–H groups in total. The van der Waals surface area contributed by atoms with E-state index in [1.54, 1.807) is 0 Å². The second-order valence-corrected chi connectivity index (χ2v) is 3.75. The number of rotatable bonds is 1. The molecular formula is C11H12ClNO. The number of carbonyl (C=O) groups is 1. The highest BCUT2D eigenvalue weighted by molar-refractivity contribution is 6.17. The summed E-state index contributed by atoms with van der Waals surface area (Å²) in [4.78, 5) is 11.6. The fraction of sp³-hybridized carbons (Fsp3) is 0.364. The van der Waals surface area contributed by atoms with Crippen LogP contribution < -0.4 is 5.32 Å². The number of fused-ring (bicyclic) bond motifs is 1. The van der Waals surface area contributed by atoms with Crippen LogP contribution in [0.2, 0.25) is 0 Å². The highest BCUT2D eigenvalue weighted by atomic mass is 35.5. The van der Waals surface area contributed by atoms with Crippen molar-refractivity contribution >= 4 is 17.5 Å². The van der Waals surface area contributed by atoms with E-state index in [0.29, 0.717) is 5.88 Å². The van der Waals surface area contributed by atoms with E-state index in [4.69, 9.17) is 11.6 Å². The van der Waals surface area contributed by atoms with Crippen molar-refractivity contribution in [2.45, 2.75) is 18.7 Å². The van der Waals surface area contributed by atoms with Gasteiger partial charge in [-0.15, -0.1) is 11.6 Å². The summed E-state index contributed by atoms with van der Waals surface area (Å²) in [7, 11) is 0. The molecule has 0 unspecified atom stereocenters. The van der Waals surface area contributed by atoms with Crippen LogP contribution in [0.3, 0.4) is 0 Å². The molecule has 0 aliphatic carbocycles. The summed E-state index contributed by atoms with van der Waals surface area (Å²) in [6.45, 7) is 0.768. The predicted octanol–water partition coefficient (Wildman–Crippen LogP) is 2.10. The molecule has 1 aliphatic rings. The van der Waals surface area contributed by atoms with Gasteiger partial charge >= 0.3 is 0 Å². The third kappa shape index (κ3) is 1.75. The molecule has 2 rings (SSSR count). The maximum Gasteiger partial charge on any atom is 0.251 e. The first-order valence-corrected chi connectivity index (χ1v) is 5.30. The van der Waals surface area contributed by atoms with Gasteiger partial charge in [-0.3, -0.25) is 4.79 Å². The van der Waals surface area contributed by atoms with Crippen molar-refractivity contribution in [3.05, 3.63) is 34.9 Å². The van der Waals surface area contributed by atoms with Crippen LogP contribution >= 0.6 is 11.6 Å². The summed E-state index contributed by atoms with van der Waals surface area (Å²) in [5.41, 5.74) is 2.93. The van der Waals surface area contributed by atoms with E-state index in [2.05, 4.69) is 5.32 Å². The first-order chi connectivity index (χ1) is 6.81. The molecule has 0 saturated carbocycles. The number of carbonyl (C=O) groups excluding carboxylic acids is 1. The lowest BCUT2D eigenvalue weighted by molar-refractivity contribution is 0.0956. The summed E-state index contributed by atoms with van der Waals surface area (Å²) in [5, 5.41) is 2.87. The van der Waals surface area contributed by atoms with Gasteiger partial charge < -0.3 is 5.32 Å². The third-order valence-corrected chi connectivity index (χ3v) is 2.79. The molecule has 0 saturated heterocycles. The standard InChI is InChI=1S/C11H12ClNO/c12-7-8-3-4-9-2-1-5-13-11(14)10(9)6-8/h3-4,6H,1-2,5,7H2,(H,13,14). The molecule has 0 radical (unpaired) electrons. The van der Waals surface area contributed by atoms with Crippen molar-refractivity contribution in [2.75, 3.05) is 6.54 Å². The zero-order valence-corrected chi connectivity index (χ0v) is 8.60. The number of halogens is 1. The molecule has 2 nitrogen and oxygen atoms in total. The zero-order chi connectivity index (χ0) is 9.97. The minimum absolute atomic E-state index is 0.0319. The van der Waals surface area contributed by atoms with E-state index in [-0.39, 0.29) is 5.91 Å². The quantitative estimate of drug-likeness (QED) is 0.706. The normalized spacial score (nSPS) is 15.6. The molecule has 1 heterocycles. The lowest BCUT2D eigenvalue weighted by Crippen LogP contribution is -2.22. The molecule has 0 aromatic heterocycles. The van der Waals surface area contributed by atoms with E-state index < -0.39 is 0 Å². The van der Waals surface area contributed by atoms with Crippen LogP contribution in [-0.4, -0.2) is 12.5 Å². The van der Waals surface area contributed by atoms with E-state index >= 15 is 0 Å². The van der Waals surface area contributed by atoms with Gasteiger partial charge in [0.25, 0.3) is 5.91 Å². The number of aryl methyl sites for hydroxylation is 1. The molecule has 1 amide bonds. The molecule has 74 valence electrons. The molecule has 1 aromatic carbocycles. The molecular weight excluding hydrogens is 198 g/mol. The molecule has 0 spiro atoms. The average molecular weight is 210 g/mol. The van der Waals surface area contributed by atoms with E-state index in [0.717, 1.165) is 36.1 Å². The van der Waals surface area contributed by atoms with Gasteiger partial charge in [-0.2, -0.15) is 0 Å². The Morgan fingerprint density at radius 1 is 1.43 bits per heavy atom. The van der Waals surface area contributed by atoms with Crippen LogP contribution in [0.1, 0.15) is 27.9 Å². The maximum absolute atomic E-state index is 11.6. The summed E-state index contributed by atoms with van der Waals surface area (Å²) >= 11 is 5.73. The smallest absolute Gasteiger partial charge is 0.251 e. The van der Waals surface area contributed by atoms with Crippen molar-refractivity contribution in [1.29, 1.82) is 0 Å². The number of nitrogens with one attached hydrogen (secondary N) is 1. The van der Waals surface area contributed by atoms with Crippen LogP contribution in [0.15, 0.2) is 18.2 Å². The minimum Gasteiger partial charge on any atom is -0.352 e. The lowest BCUT2D eigenvalue weighted by Gasteiger charge is -2.05. The van der Waals surface area contributed by atoms with Crippen molar-refractivity contribution < 1.29 is 4.79 Å². The van der Waals surface area contributed by atoms with Gasteiger partial charge in [-0.25, -0.2) is 0 Å². The summed E-state index contributed by atoms with van der Waals surface area (Å²) in [6.07, 6.45) is 1.98. The second-order valence-electron chi connectivity index (χ2n) is 3.48. The monoisotopic (exact) mass is 209 g/mol. The Kier molecular flexibility index (Phi) is 2.73. The number of alkyl halides is 1. The third-order valence-electron chi connectivity index (χ3n) is 2.48. The van der Waals surface area contributed by atoms with Gasteiger partial charge in [-0.1, -0.05) is 12.1 Å². The zero-order valence-electron chi connectivity index (χ0n) is 7.85. The van der Waals surface area contributed by atoms with Gasteiger partial charge in [0.1, 0.15) is 0 Å². The van der Waals surface area contributed by atoms with Crippen molar-refractivity contribution in [3.8, 4) is 0 Å². The highest BCUT2D eigenvalue weighted by Gasteiger charge is 2.14. The molecule has 0 atom stereocenters. The number of amides is 1. The largest absolute Gasteiger partial charge is 0.352 e.